The molecule has 2 aromatic heterocycles. The molecule has 1 aromatic carbocycles. The lowest BCUT2D eigenvalue weighted by molar-refractivity contribution is 0.0702. The van der Waals surface area contributed by atoms with Crippen molar-refractivity contribution in [3.63, 3.8) is 0 Å². The van der Waals surface area contributed by atoms with Crippen molar-refractivity contribution in [2.45, 2.75) is 0 Å². The minimum absolute atomic E-state index is 0.185. The van der Waals surface area contributed by atoms with Gasteiger partial charge >= 0.3 is 5.97 Å². The highest BCUT2D eigenvalue weighted by Gasteiger charge is 2.13. The maximum Gasteiger partial charge on any atom is 0.347 e. The molecule has 1 N–H and O–H groups in total. The number of thiazole rings is 1. The molecule has 0 saturated carbocycles. The van der Waals surface area contributed by atoms with Gasteiger partial charge in [0.1, 0.15) is 15.6 Å². The zero-order chi connectivity index (χ0) is 13.2. The fraction of sp³-hybridized carbons (Fsp3) is 0. The number of rotatable bonds is 3. The van der Waals surface area contributed by atoms with Gasteiger partial charge in [0.2, 0.25) is 0 Å². The highest BCUT2D eigenvalue weighted by Crippen LogP contribution is 2.23. The van der Waals surface area contributed by atoms with E-state index >= 15 is 0 Å². The molecule has 0 fully saturated rings. The van der Waals surface area contributed by atoms with Gasteiger partial charge in [0.15, 0.2) is 0 Å². The van der Waals surface area contributed by atoms with E-state index in [4.69, 9.17) is 5.11 Å². The van der Waals surface area contributed by atoms with E-state index in [2.05, 4.69) is 15.2 Å². The molecule has 6 nitrogen and oxygen atoms in total. The van der Waals surface area contributed by atoms with Crippen molar-refractivity contribution in [1.82, 2.24) is 20.0 Å². The summed E-state index contributed by atoms with van der Waals surface area (Å²) in [5.74, 6) is -0.987. The van der Waals surface area contributed by atoms with Gasteiger partial charge in [-0.3, -0.25) is 0 Å². The first-order chi connectivity index (χ1) is 9.24. The molecule has 19 heavy (non-hydrogen) atoms. The predicted octanol–water partition coefficient (Wildman–Crippen LogP) is 2.09. The van der Waals surface area contributed by atoms with Crippen molar-refractivity contribution in [1.29, 1.82) is 0 Å². The Morgan fingerprint density at radius 1 is 1.21 bits per heavy atom. The minimum atomic E-state index is -0.987. The molecule has 0 unspecified atom stereocenters. The summed E-state index contributed by atoms with van der Waals surface area (Å²) in [4.78, 5) is 16.5. The van der Waals surface area contributed by atoms with Gasteiger partial charge in [-0.25, -0.2) is 9.78 Å². The van der Waals surface area contributed by atoms with Crippen molar-refractivity contribution in [3.05, 3.63) is 47.6 Å². The summed E-state index contributed by atoms with van der Waals surface area (Å²) in [6, 6.07) is 9.46. The highest BCUT2D eigenvalue weighted by atomic mass is 32.1. The molecular formula is C12H8N4O2S. The normalized spacial score (nSPS) is 10.5. The molecule has 3 rings (SSSR count). The molecule has 0 saturated heterocycles. The lowest BCUT2D eigenvalue weighted by atomic mass is 10.3. The van der Waals surface area contributed by atoms with Gasteiger partial charge in [0, 0.05) is 0 Å². The molecule has 0 spiro atoms. The van der Waals surface area contributed by atoms with Crippen molar-refractivity contribution in [2.24, 2.45) is 0 Å². The molecule has 0 aliphatic carbocycles. The summed E-state index contributed by atoms with van der Waals surface area (Å²) < 4.78 is 0. The second-order valence-corrected chi connectivity index (χ2v) is 4.72. The largest absolute Gasteiger partial charge is 0.477 e. The zero-order valence-electron chi connectivity index (χ0n) is 9.59. The first-order valence-corrected chi connectivity index (χ1v) is 6.23. The van der Waals surface area contributed by atoms with E-state index < -0.39 is 5.97 Å². The predicted molar refractivity (Wildman–Crippen MR) is 69.4 cm³/mol. The van der Waals surface area contributed by atoms with Crippen molar-refractivity contribution in [2.75, 3.05) is 0 Å². The van der Waals surface area contributed by atoms with Crippen molar-refractivity contribution >= 4 is 17.3 Å². The summed E-state index contributed by atoms with van der Waals surface area (Å²) in [7, 11) is 0. The van der Waals surface area contributed by atoms with Crippen LogP contribution in [0.1, 0.15) is 9.67 Å². The zero-order valence-corrected chi connectivity index (χ0v) is 10.4. The molecule has 0 aliphatic rings. The number of aromatic nitrogens is 4. The molecule has 3 aromatic rings. The lowest BCUT2D eigenvalue weighted by Gasteiger charge is -1.96. The van der Waals surface area contributed by atoms with Crippen LogP contribution in [0.15, 0.2) is 42.7 Å². The Balaban J connectivity index is 1.94. The van der Waals surface area contributed by atoms with Crippen LogP contribution in [0.5, 0.6) is 0 Å². The fourth-order valence-electron chi connectivity index (χ4n) is 1.54. The third-order valence-corrected chi connectivity index (χ3v) is 3.42. The number of aromatic carboxylic acids is 1. The molecule has 0 aliphatic heterocycles. The Kier molecular flexibility index (Phi) is 2.81. The van der Waals surface area contributed by atoms with Crippen LogP contribution in [-0.4, -0.2) is 31.1 Å². The quantitative estimate of drug-likeness (QED) is 0.789. The van der Waals surface area contributed by atoms with Gasteiger partial charge in [0.25, 0.3) is 0 Å². The summed E-state index contributed by atoms with van der Waals surface area (Å²) in [6.45, 7) is 0. The number of carbonyl (C=O) groups is 1. The van der Waals surface area contributed by atoms with Crippen LogP contribution < -0.4 is 0 Å². The maximum absolute atomic E-state index is 10.8. The van der Waals surface area contributed by atoms with Crippen LogP contribution in [0.2, 0.25) is 0 Å². The molecular weight excluding hydrogens is 264 g/mol. The second-order valence-electron chi connectivity index (χ2n) is 3.69. The number of nitrogens with zero attached hydrogens (tertiary/aromatic N) is 4. The van der Waals surface area contributed by atoms with Gasteiger partial charge in [-0.15, -0.1) is 16.4 Å². The molecule has 94 valence electrons. The minimum Gasteiger partial charge on any atom is -0.477 e. The topological polar surface area (TPSA) is 80.9 Å². The molecule has 0 radical (unpaired) electrons. The third-order valence-electron chi connectivity index (χ3n) is 2.41. The monoisotopic (exact) mass is 272 g/mol. The van der Waals surface area contributed by atoms with Crippen LogP contribution in [0.25, 0.3) is 16.4 Å². The van der Waals surface area contributed by atoms with Gasteiger partial charge in [-0.1, -0.05) is 18.2 Å². The van der Waals surface area contributed by atoms with Crippen LogP contribution in [0.4, 0.5) is 0 Å². The van der Waals surface area contributed by atoms with E-state index in [0.717, 1.165) is 17.0 Å². The maximum atomic E-state index is 10.8. The average molecular weight is 272 g/mol. The van der Waals surface area contributed by atoms with Gasteiger partial charge in [-0.05, 0) is 12.1 Å². The van der Waals surface area contributed by atoms with E-state index in [0.29, 0.717) is 10.7 Å². The third kappa shape index (κ3) is 2.23. The lowest BCUT2D eigenvalue weighted by Crippen LogP contribution is -1.97. The number of para-hydroxylation sites is 1. The Morgan fingerprint density at radius 3 is 2.68 bits per heavy atom. The van der Waals surface area contributed by atoms with Crippen molar-refractivity contribution in [3.8, 4) is 16.4 Å². The smallest absolute Gasteiger partial charge is 0.347 e. The molecule has 7 heteroatoms. The number of benzene rings is 1. The Bertz CT molecular complexity index is 720. The van der Waals surface area contributed by atoms with Crippen LogP contribution in [-0.2, 0) is 0 Å². The molecule has 0 atom stereocenters. The first kappa shape index (κ1) is 11.5. The van der Waals surface area contributed by atoms with E-state index in [-0.39, 0.29) is 4.88 Å². The molecule has 0 bridgehead atoms. The SMILES string of the molecule is O=C(O)c1cnc(-c2cnn(-c3ccccc3)n2)s1. The second kappa shape index (κ2) is 4.62. The van der Waals surface area contributed by atoms with Crippen molar-refractivity contribution < 1.29 is 9.90 Å². The van der Waals surface area contributed by atoms with E-state index in [1.807, 2.05) is 30.3 Å². The fourth-order valence-corrected chi connectivity index (χ4v) is 2.24. The molecule has 2 heterocycles. The van der Waals surface area contributed by atoms with Crippen LogP contribution in [0.3, 0.4) is 0 Å². The number of hydrogen-bond donors (Lipinski definition) is 1. The van der Waals surface area contributed by atoms with Gasteiger partial charge in [-0.2, -0.15) is 9.90 Å². The van der Waals surface area contributed by atoms with Crippen LogP contribution >= 0.6 is 11.3 Å². The number of carboxylic acid groups (broad SMARTS) is 1. The number of carboxylic acids is 1. The average Bonchev–Trinajstić information content (AvgIpc) is 3.09. The van der Waals surface area contributed by atoms with E-state index in [1.165, 1.54) is 11.0 Å². The summed E-state index contributed by atoms with van der Waals surface area (Å²) >= 11 is 1.08. The van der Waals surface area contributed by atoms with Gasteiger partial charge < -0.3 is 5.11 Å². The van der Waals surface area contributed by atoms with E-state index in [1.54, 1.807) is 6.20 Å². The van der Waals surface area contributed by atoms with Crippen LogP contribution in [0, 0.1) is 0 Å². The highest BCUT2D eigenvalue weighted by molar-refractivity contribution is 7.16. The van der Waals surface area contributed by atoms with Gasteiger partial charge in [0.05, 0.1) is 18.1 Å². The summed E-state index contributed by atoms with van der Waals surface area (Å²) in [6.07, 6.45) is 2.89. The molecule has 0 amide bonds. The van der Waals surface area contributed by atoms with E-state index in [9.17, 15) is 4.79 Å². The summed E-state index contributed by atoms with van der Waals surface area (Å²) in [5.41, 5.74) is 1.39. The Morgan fingerprint density at radius 2 is 2.00 bits per heavy atom. The Hall–Kier alpha value is -2.54. The number of hydrogen-bond acceptors (Lipinski definition) is 5. The summed E-state index contributed by atoms with van der Waals surface area (Å²) in [5, 5.41) is 17.8. The Labute approximate surface area is 112 Å². The first-order valence-electron chi connectivity index (χ1n) is 5.41. The standard InChI is InChI=1S/C12H8N4O2S/c17-12(18)10-7-13-11(19-10)9-6-14-16(15-9)8-4-2-1-3-5-8/h1-7H,(H,17,18).